The van der Waals surface area contributed by atoms with E-state index in [2.05, 4.69) is 48.5 Å². The van der Waals surface area contributed by atoms with Crippen LogP contribution in [0.2, 0.25) is 0 Å². The number of aromatic amines is 2. The van der Waals surface area contributed by atoms with Crippen LogP contribution in [0.1, 0.15) is 71.1 Å². The zero-order valence-electron chi connectivity index (χ0n) is 21.1. The maximum absolute atomic E-state index is 13.6. The van der Waals surface area contributed by atoms with Crippen molar-refractivity contribution in [1.29, 1.82) is 5.26 Å². The number of hydrogen-bond acceptors (Lipinski definition) is 7. The molecule has 2 aromatic rings. The summed E-state index contributed by atoms with van der Waals surface area (Å²) < 4.78 is 0. The molecule has 5 unspecified atom stereocenters. The monoisotopic (exact) mass is 494 g/mol. The van der Waals surface area contributed by atoms with Gasteiger partial charge in [-0.05, 0) is 43.9 Å². The van der Waals surface area contributed by atoms with Crippen LogP contribution >= 0.6 is 0 Å². The Morgan fingerprint density at radius 1 is 1.19 bits per heavy atom. The number of amides is 1. The van der Waals surface area contributed by atoms with Crippen LogP contribution in [0.15, 0.2) is 11.1 Å². The molecule has 0 aromatic carbocycles. The van der Waals surface area contributed by atoms with Gasteiger partial charge in [-0.1, -0.05) is 39.0 Å². The predicted octanol–water partition coefficient (Wildman–Crippen LogP) is 2.92. The Morgan fingerprint density at radius 2 is 2.03 bits per heavy atom. The van der Waals surface area contributed by atoms with Crippen LogP contribution in [0.5, 0.6) is 0 Å². The first-order valence-electron chi connectivity index (χ1n) is 13.6. The molecule has 36 heavy (non-hydrogen) atoms. The van der Waals surface area contributed by atoms with E-state index >= 15 is 0 Å². The van der Waals surface area contributed by atoms with E-state index in [-0.39, 0.29) is 23.6 Å². The van der Waals surface area contributed by atoms with Gasteiger partial charge in [-0.3, -0.25) is 14.7 Å². The number of H-pyrrole nitrogens is 2. The lowest BCUT2D eigenvalue weighted by Gasteiger charge is -2.36. The summed E-state index contributed by atoms with van der Waals surface area (Å²) in [5.41, 5.74) is 0.580. The third-order valence-electron chi connectivity index (χ3n) is 8.66. The van der Waals surface area contributed by atoms with Crippen molar-refractivity contribution in [1.82, 2.24) is 30.2 Å². The van der Waals surface area contributed by atoms with Crippen molar-refractivity contribution in [2.45, 2.75) is 89.3 Å². The Bertz CT molecular complexity index is 1150. The van der Waals surface area contributed by atoms with Crippen LogP contribution < -0.4 is 16.3 Å². The number of fused-ring (bicyclic) bond motifs is 1. The Kier molecular flexibility index (Phi) is 7.56. The average Bonchev–Trinajstić information content (AvgIpc) is 3.51. The molecule has 1 saturated heterocycles. The van der Waals surface area contributed by atoms with Gasteiger partial charge in [0.25, 0.3) is 0 Å². The summed E-state index contributed by atoms with van der Waals surface area (Å²) >= 11 is 0. The van der Waals surface area contributed by atoms with Gasteiger partial charge >= 0.3 is 5.69 Å². The third-order valence-corrected chi connectivity index (χ3v) is 8.66. The van der Waals surface area contributed by atoms with E-state index in [1.165, 1.54) is 25.6 Å². The molecule has 5 atom stereocenters. The number of likely N-dealkylation sites (tertiary alicyclic amines) is 1. The first-order valence-corrected chi connectivity index (χ1v) is 13.6. The van der Waals surface area contributed by atoms with Gasteiger partial charge < -0.3 is 15.6 Å². The van der Waals surface area contributed by atoms with Gasteiger partial charge in [0.05, 0.1) is 12.0 Å². The van der Waals surface area contributed by atoms with Gasteiger partial charge in [-0.2, -0.15) is 5.26 Å². The van der Waals surface area contributed by atoms with Crippen LogP contribution in [0.25, 0.3) is 11.2 Å². The number of imidazole rings is 1. The maximum Gasteiger partial charge on any atom is 0.325 e. The molecule has 4 N–H and O–H groups in total. The normalized spacial score (nSPS) is 28.6. The number of anilines is 1. The molecule has 10 nitrogen and oxygen atoms in total. The number of hydrogen-bond donors (Lipinski definition) is 4. The molecule has 0 radical (unpaired) electrons. The number of carbonyl (C=O) groups excluding carboxylic acids is 1. The molecule has 5 rings (SSSR count). The van der Waals surface area contributed by atoms with E-state index in [9.17, 15) is 14.9 Å². The number of nitriles is 1. The van der Waals surface area contributed by atoms with E-state index in [1.54, 1.807) is 0 Å². The molecule has 3 fully saturated rings. The van der Waals surface area contributed by atoms with Crippen molar-refractivity contribution >= 4 is 22.9 Å². The Morgan fingerprint density at radius 3 is 2.83 bits per heavy atom. The molecule has 3 heterocycles. The zero-order chi connectivity index (χ0) is 25.1. The quantitative estimate of drug-likeness (QED) is 0.463. The zero-order valence-corrected chi connectivity index (χ0v) is 21.1. The summed E-state index contributed by atoms with van der Waals surface area (Å²) in [6.07, 6.45) is 12.2. The molecule has 2 aromatic heterocycles. The molecule has 1 aliphatic heterocycles. The lowest BCUT2D eigenvalue weighted by molar-refractivity contribution is -0.122. The van der Waals surface area contributed by atoms with Crippen molar-refractivity contribution in [3.8, 4) is 6.07 Å². The fourth-order valence-electron chi connectivity index (χ4n) is 6.46. The minimum absolute atomic E-state index is 0.00997. The lowest BCUT2D eigenvalue weighted by Crippen LogP contribution is -2.47. The second-order valence-electron chi connectivity index (χ2n) is 11.1. The molecular weight excluding hydrogens is 456 g/mol. The fraction of sp³-hybridized carbons (Fsp3) is 0.731. The summed E-state index contributed by atoms with van der Waals surface area (Å²) in [7, 11) is 0. The second-order valence-corrected chi connectivity index (χ2v) is 11.1. The summed E-state index contributed by atoms with van der Waals surface area (Å²) in [5.74, 6) is 1.56. The second kappa shape index (κ2) is 11.0. The first-order chi connectivity index (χ1) is 17.5. The standard InChI is InChI=1S/C26H38N8O2/c1-16-7-8-20(12-18(16)13-27)34-10-9-19(14-34)30-25(35)21(11-17-5-3-2-4-6-17)31-23-22-24(29-15-28-23)33-26(36)32-22/h15-21H,2-12,14H2,1H3,(H,30,35)(H3,28,29,31,32,33,36). The molecule has 2 saturated carbocycles. The Balaban J connectivity index is 1.25. The molecule has 10 heteroatoms. The first kappa shape index (κ1) is 24.8. The molecule has 194 valence electrons. The number of carbonyl (C=O) groups is 1. The molecule has 1 amide bonds. The molecule has 3 aliphatic rings. The minimum atomic E-state index is -0.433. The number of nitrogens with zero attached hydrogens (tertiary/aromatic N) is 4. The van der Waals surface area contributed by atoms with Crippen LogP contribution in [0, 0.1) is 29.1 Å². The van der Waals surface area contributed by atoms with E-state index in [0.717, 1.165) is 58.0 Å². The van der Waals surface area contributed by atoms with Crippen molar-refractivity contribution in [2.75, 3.05) is 18.4 Å². The van der Waals surface area contributed by atoms with Crippen molar-refractivity contribution in [2.24, 2.45) is 17.8 Å². The summed E-state index contributed by atoms with van der Waals surface area (Å²) in [6, 6.07) is 2.61. The highest BCUT2D eigenvalue weighted by Crippen LogP contribution is 2.34. The van der Waals surface area contributed by atoms with E-state index < -0.39 is 6.04 Å². The van der Waals surface area contributed by atoms with Crippen LogP contribution in [0.3, 0.4) is 0 Å². The largest absolute Gasteiger partial charge is 0.356 e. The smallest absolute Gasteiger partial charge is 0.325 e. The van der Waals surface area contributed by atoms with Crippen molar-refractivity contribution in [3.63, 3.8) is 0 Å². The van der Waals surface area contributed by atoms with Crippen LogP contribution in [-0.2, 0) is 4.79 Å². The van der Waals surface area contributed by atoms with Crippen LogP contribution in [-0.4, -0.2) is 62.0 Å². The highest BCUT2D eigenvalue weighted by atomic mass is 16.2. The highest BCUT2D eigenvalue weighted by molar-refractivity contribution is 5.88. The van der Waals surface area contributed by atoms with Crippen molar-refractivity contribution in [3.05, 3.63) is 16.8 Å². The average molecular weight is 495 g/mol. The predicted molar refractivity (Wildman–Crippen MR) is 137 cm³/mol. The molecule has 0 spiro atoms. The number of nitrogens with one attached hydrogen (secondary N) is 4. The van der Waals surface area contributed by atoms with E-state index in [4.69, 9.17) is 0 Å². The maximum atomic E-state index is 13.6. The van der Waals surface area contributed by atoms with E-state index in [1.807, 2.05) is 0 Å². The van der Waals surface area contributed by atoms with E-state index in [0.29, 0.717) is 34.9 Å². The van der Waals surface area contributed by atoms with Crippen LogP contribution in [0.4, 0.5) is 5.82 Å². The minimum Gasteiger partial charge on any atom is -0.356 e. The fourth-order valence-corrected chi connectivity index (χ4v) is 6.46. The molecule has 0 bridgehead atoms. The highest BCUT2D eigenvalue weighted by Gasteiger charge is 2.36. The molecular formula is C26H38N8O2. The summed E-state index contributed by atoms with van der Waals surface area (Å²) in [4.78, 5) is 41.7. The third kappa shape index (κ3) is 5.56. The van der Waals surface area contributed by atoms with Gasteiger partial charge in [-0.15, -0.1) is 0 Å². The van der Waals surface area contributed by atoms with Gasteiger partial charge in [0.2, 0.25) is 5.91 Å². The number of aromatic nitrogens is 4. The lowest BCUT2D eigenvalue weighted by atomic mass is 9.78. The van der Waals surface area contributed by atoms with Crippen molar-refractivity contribution < 1.29 is 4.79 Å². The Hall–Kier alpha value is -2.93. The SMILES string of the molecule is CC1CCC(N2CCC(NC(=O)C(CC3CCCCC3)Nc3ncnc4[nH]c(=O)[nH]c34)C2)CC1C#N. The summed E-state index contributed by atoms with van der Waals surface area (Å²) in [5, 5.41) is 16.2. The van der Waals surface area contributed by atoms with Gasteiger partial charge in [-0.25, -0.2) is 14.8 Å². The Labute approximate surface area is 211 Å². The van der Waals surface area contributed by atoms with Gasteiger partial charge in [0.15, 0.2) is 11.5 Å². The summed E-state index contributed by atoms with van der Waals surface area (Å²) in [6.45, 7) is 3.98. The van der Waals surface area contributed by atoms with Gasteiger partial charge in [0, 0.05) is 25.2 Å². The number of rotatable bonds is 7. The molecule has 2 aliphatic carbocycles. The topological polar surface area (TPSA) is 143 Å². The van der Waals surface area contributed by atoms with Gasteiger partial charge in [0.1, 0.15) is 17.9 Å².